The number of likely N-dealkylation sites (tertiary alicyclic amines) is 1. The molecule has 1 aliphatic rings. The third kappa shape index (κ3) is 3.61. The van der Waals surface area contributed by atoms with Crippen molar-refractivity contribution in [1.29, 1.82) is 0 Å². The van der Waals surface area contributed by atoms with E-state index in [4.69, 9.17) is 5.73 Å². The van der Waals surface area contributed by atoms with E-state index in [1.165, 1.54) is 31.4 Å². The number of hydrogen-bond acceptors (Lipinski definition) is 2. The summed E-state index contributed by atoms with van der Waals surface area (Å²) in [5.74, 6) is -1.04. The van der Waals surface area contributed by atoms with E-state index in [2.05, 4.69) is 18.7 Å². The molecule has 0 amide bonds. The number of piperidine rings is 1. The Bertz CT molecular complexity index is 472. The van der Waals surface area contributed by atoms with Gasteiger partial charge in [-0.25, -0.2) is 8.78 Å². The Morgan fingerprint density at radius 1 is 1.24 bits per heavy atom. The molecule has 1 saturated heterocycles. The van der Waals surface area contributed by atoms with Crippen LogP contribution in [-0.2, 0) is 6.42 Å². The smallest absolute Gasteiger partial charge is 0.129 e. The van der Waals surface area contributed by atoms with Crippen LogP contribution < -0.4 is 5.73 Å². The Kier molecular flexibility index (Phi) is 5.33. The van der Waals surface area contributed by atoms with Gasteiger partial charge in [0.05, 0.1) is 0 Å². The summed E-state index contributed by atoms with van der Waals surface area (Å²) in [7, 11) is 0. The quantitative estimate of drug-likeness (QED) is 0.901. The minimum atomic E-state index is -0.542. The zero-order valence-corrected chi connectivity index (χ0v) is 13.0. The van der Waals surface area contributed by atoms with Gasteiger partial charge in [-0.2, -0.15) is 0 Å². The lowest BCUT2D eigenvalue weighted by atomic mass is 9.83. The summed E-state index contributed by atoms with van der Waals surface area (Å²) >= 11 is 0. The molecule has 21 heavy (non-hydrogen) atoms. The van der Waals surface area contributed by atoms with Gasteiger partial charge in [0.2, 0.25) is 0 Å². The molecule has 0 spiro atoms. The van der Waals surface area contributed by atoms with Crippen molar-refractivity contribution in [2.75, 3.05) is 13.1 Å². The molecule has 0 saturated carbocycles. The minimum Gasteiger partial charge on any atom is -0.326 e. The molecule has 2 N–H and O–H groups in total. The molecule has 0 radical (unpaired) electrons. The Labute approximate surface area is 126 Å². The topological polar surface area (TPSA) is 29.3 Å². The highest BCUT2D eigenvalue weighted by Crippen LogP contribution is 2.28. The number of rotatable bonds is 5. The van der Waals surface area contributed by atoms with E-state index >= 15 is 0 Å². The molecular weight excluding hydrogens is 270 g/mol. The average Bonchev–Trinajstić information content (AvgIpc) is 2.50. The number of nitrogens with zero attached hydrogens (tertiary/aromatic N) is 1. The lowest BCUT2D eigenvalue weighted by molar-refractivity contribution is 0.0544. The molecule has 1 aromatic carbocycles. The van der Waals surface area contributed by atoms with Crippen LogP contribution in [0.25, 0.3) is 0 Å². The van der Waals surface area contributed by atoms with Crippen molar-refractivity contribution in [3.8, 4) is 0 Å². The molecular formula is C17H26F2N2. The van der Waals surface area contributed by atoms with Crippen LogP contribution in [0.4, 0.5) is 8.78 Å². The molecule has 2 nitrogen and oxygen atoms in total. The predicted octanol–water partition coefficient (Wildman–Crippen LogP) is 3.49. The molecule has 0 aromatic heterocycles. The fourth-order valence-electron chi connectivity index (χ4n) is 3.27. The van der Waals surface area contributed by atoms with Crippen LogP contribution >= 0.6 is 0 Å². The average molecular weight is 296 g/mol. The van der Waals surface area contributed by atoms with Gasteiger partial charge >= 0.3 is 0 Å². The molecule has 1 fully saturated rings. The molecule has 0 aliphatic carbocycles. The Morgan fingerprint density at radius 2 is 1.90 bits per heavy atom. The Morgan fingerprint density at radius 3 is 2.48 bits per heavy atom. The van der Waals surface area contributed by atoms with Crippen LogP contribution in [0.5, 0.6) is 0 Å². The van der Waals surface area contributed by atoms with Gasteiger partial charge < -0.3 is 5.73 Å². The Balaban J connectivity index is 2.13. The molecule has 1 aromatic rings. The van der Waals surface area contributed by atoms with Crippen molar-refractivity contribution in [2.24, 2.45) is 5.73 Å². The van der Waals surface area contributed by atoms with Crippen molar-refractivity contribution in [3.05, 3.63) is 35.4 Å². The fraction of sp³-hybridized carbons (Fsp3) is 0.647. The first-order valence-electron chi connectivity index (χ1n) is 7.92. The summed E-state index contributed by atoms with van der Waals surface area (Å²) in [5, 5.41) is 0. The van der Waals surface area contributed by atoms with Crippen molar-refractivity contribution in [1.82, 2.24) is 4.90 Å². The molecule has 1 heterocycles. The predicted molar refractivity (Wildman–Crippen MR) is 82.2 cm³/mol. The highest BCUT2D eigenvalue weighted by atomic mass is 19.1. The van der Waals surface area contributed by atoms with E-state index in [1.807, 2.05) is 0 Å². The normalized spacial score (nSPS) is 21.0. The summed E-state index contributed by atoms with van der Waals surface area (Å²) in [6.45, 7) is 6.42. The molecule has 2 unspecified atom stereocenters. The van der Waals surface area contributed by atoms with E-state index in [-0.39, 0.29) is 11.6 Å². The summed E-state index contributed by atoms with van der Waals surface area (Å²) in [4.78, 5) is 2.45. The number of benzene rings is 1. The van der Waals surface area contributed by atoms with Gasteiger partial charge in [-0.05, 0) is 57.3 Å². The monoisotopic (exact) mass is 296 g/mol. The molecule has 2 rings (SSSR count). The van der Waals surface area contributed by atoms with Gasteiger partial charge in [0.25, 0.3) is 0 Å². The second-order valence-electron chi connectivity index (χ2n) is 6.30. The maximum absolute atomic E-state index is 13.8. The zero-order chi connectivity index (χ0) is 15.5. The van der Waals surface area contributed by atoms with Gasteiger partial charge in [0.1, 0.15) is 11.6 Å². The van der Waals surface area contributed by atoms with Crippen LogP contribution in [0.15, 0.2) is 18.2 Å². The van der Waals surface area contributed by atoms with Gasteiger partial charge in [-0.15, -0.1) is 0 Å². The van der Waals surface area contributed by atoms with Gasteiger partial charge in [0.15, 0.2) is 0 Å². The van der Waals surface area contributed by atoms with E-state index in [9.17, 15) is 8.78 Å². The van der Waals surface area contributed by atoms with Crippen molar-refractivity contribution in [3.63, 3.8) is 0 Å². The summed E-state index contributed by atoms with van der Waals surface area (Å²) in [6, 6.07) is 3.58. The van der Waals surface area contributed by atoms with Gasteiger partial charge in [-0.1, -0.05) is 19.4 Å². The molecule has 118 valence electrons. The maximum atomic E-state index is 13.8. The molecule has 0 bridgehead atoms. The van der Waals surface area contributed by atoms with E-state index in [1.54, 1.807) is 0 Å². The number of nitrogens with two attached hydrogens (primary N) is 1. The lowest BCUT2D eigenvalue weighted by Gasteiger charge is -2.47. The molecule has 2 atom stereocenters. The third-order valence-corrected chi connectivity index (χ3v) is 5.05. The van der Waals surface area contributed by atoms with Crippen LogP contribution in [0.1, 0.15) is 45.1 Å². The van der Waals surface area contributed by atoms with Gasteiger partial charge in [0, 0.05) is 17.6 Å². The first-order valence-corrected chi connectivity index (χ1v) is 7.92. The standard InChI is InChI=1S/C17H26F2N2/c1-3-17(2,21-9-5-4-6-10-21)16(20)11-13-7-8-14(18)12-15(13)19/h7-8,12,16H,3-6,9-11,20H2,1-2H3. The van der Waals surface area contributed by atoms with Crippen LogP contribution in [0, 0.1) is 11.6 Å². The van der Waals surface area contributed by atoms with Crippen molar-refractivity contribution >= 4 is 0 Å². The maximum Gasteiger partial charge on any atom is 0.129 e. The minimum absolute atomic E-state index is 0.138. The van der Waals surface area contributed by atoms with Crippen molar-refractivity contribution < 1.29 is 8.78 Å². The second-order valence-corrected chi connectivity index (χ2v) is 6.30. The van der Waals surface area contributed by atoms with E-state index in [0.29, 0.717) is 12.0 Å². The lowest BCUT2D eigenvalue weighted by Crippen LogP contribution is -2.59. The fourth-order valence-corrected chi connectivity index (χ4v) is 3.27. The molecule has 4 heteroatoms. The number of hydrogen-bond donors (Lipinski definition) is 1. The SMILES string of the molecule is CCC(C)(C(N)Cc1ccc(F)cc1F)N1CCCCC1. The highest BCUT2D eigenvalue weighted by molar-refractivity contribution is 5.20. The summed E-state index contributed by atoms with van der Waals surface area (Å²) in [5.41, 5.74) is 6.79. The summed E-state index contributed by atoms with van der Waals surface area (Å²) in [6.07, 6.45) is 5.04. The molecule has 1 aliphatic heterocycles. The second kappa shape index (κ2) is 6.84. The number of halogens is 2. The highest BCUT2D eigenvalue weighted by Gasteiger charge is 2.36. The zero-order valence-electron chi connectivity index (χ0n) is 13.0. The first kappa shape index (κ1) is 16.4. The van der Waals surface area contributed by atoms with Crippen LogP contribution in [-0.4, -0.2) is 29.6 Å². The van der Waals surface area contributed by atoms with E-state index in [0.717, 1.165) is 25.6 Å². The largest absolute Gasteiger partial charge is 0.326 e. The van der Waals surface area contributed by atoms with E-state index < -0.39 is 11.6 Å². The first-order chi connectivity index (χ1) is 9.97. The van der Waals surface area contributed by atoms with Gasteiger partial charge in [-0.3, -0.25) is 4.90 Å². The van der Waals surface area contributed by atoms with Crippen LogP contribution in [0.3, 0.4) is 0 Å². The summed E-state index contributed by atoms with van der Waals surface area (Å²) < 4.78 is 26.8. The van der Waals surface area contributed by atoms with Crippen molar-refractivity contribution in [2.45, 2.75) is 57.5 Å². The third-order valence-electron chi connectivity index (χ3n) is 5.05. The Hall–Kier alpha value is -1.00. The van der Waals surface area contributed by atoms with Crippen LogP contribution in [0.2, 0.25) is 0 Å².